The summed E-state index contributed by atoms with van der Waals surface area (Å²) >= 11 is 0. The number of aryl methyl sites for hydroxylation is 1. The van der Waals surface area contributed by atoms with Crippen LogP contribution in [0.15, 0.2) is 6.20 Å². The predicted molar refractivity (Wildman–Crippen MR) is 78.6 cm³/mol. The Hall–Kier alpha value is -1.03. The molecule has 0 spiro atoms. The number of rotatable bonds is 8. The van der Waals surface area contributed by atoms with Gasteiger partial charge in [-0.2, -0.15) is 0 Å². The zero-order valence-corrected chi connectivity index (χ0v) is 12.3. The highest BCUT2D eigenvalue weighted by Gasteiger charge is 2.15. The summed E-state index contributed by atoms with van der Waals surface area (Å²) in [7, 11) is 0. The van der Waals surface area contributed by atoms with Crippen molar-refractivity contribution in [1.29, 1.82) is 0 Å². The van der Waals surface area contributed by atoms with E-state index >= 15 is 0 Å². The standard InChI is InChI=1S/C15H27N3O/c1-3-4-9-16-15-17-13(2)12-18(15)10-11-19-14-7-5-6-8-14/h12,14H,3-11H2,1-2H3,(H,16,17). The molecule has 1 aliphatic carbocycles. The number of nitrogens with one attached hydrogen (secondary N) is 1. The Balaban J connectivity index is 1.77. The summed E-state index contributed by atoms with van der Waals surface area (Å²) in [5.41, 5.74) is 1.07. The first-order valence-corrected chi connectivity index (χ1v) is 7.69. The van der Waals surface area contributed by atoms with Gasteiger partial charge in [0.25, 0.3) is 0 Å². The average Bonchev–Trinajstić information content (AvgIpc) is 3.00. The molecular weight excluding hydrogens is 238 g/mol. The van der Waals surface area contributed by atoms with Crippen molar-refractivity contribution in [3.05, 3.63) is 11.9 Å². The summed E-state index contributed by atoms with van der Waals surface area (Å²) in [6, 6.07) is 0. The largest absolute Gasteiger partial charge is 0.376 e. The van der Waals surface area contributed by atoms with Gasteiger partial charge in [-0.05, 0) is 26.2 Å². The van der Waals surface area contributed by atoms with E-state index in [2.05, 4.69) is 28.0 Å². The van der Waals surface area contributed by atoms with Crippen molar-refractivity contribution in [3.63, 3.8) is 0 Å². The lowest BCUT2D eigenvalue weighted by Gasteiger charge is -2.13. The summed E-state index contributed by atoms with van der Waals surface area (Å²) in [6.45, 7) is 6.93. The number of unbranched alkanes of at least 4 members (excludes halogenated alkanes) is 1. The number of hydrogen-bond donors (Lipinski definition) is 1. The smallest absolute Gasteiger partial charge is 0.203 e. The molecule has 1 N–H and O–H groups in total. The molecule has 4 heteroatoms. The molecule has 0 aliphatic heterocycles. The number of anilines is 1. The molecule has 0 unspecified atom stereocenters. The van der Waals surface area contributed by atoms with Crippen molar-refractivity contribution in [3.8, 4) is 0 Å². The Bertz CT molecular complexity index is 369. The number of aromatic nitrogens is 2. The Morgan fingerprint density at radius 2 is 2.21 bits per heavy atom. The fourth-order valence-corrected chi connectivity index (χ4v) is 2.61. The van der Waals surface area contributed by atoms with Crippen molar-refractivity contribution in [2.45, 2.75) is 65.0 Å². The first-order chi connectivity index (χ1) is 9.29. The fourth-order valence-electron chi connectivity index (χ4n) is 2.61. The topological polar surface area (TPSA) is 39.1 Å². The Kier molecular flexibility index (Phi) is 5.70. The van der Waals surface area contributed by atoms with Crippen LogP contribution >= 0.6 is 0 Å². The molecule has 0 radical (unpaired) electrons. The Labute approximate surface area is 116 Å². The third-order valence-electron chi connectivity index (χ3n) is 3.70. The first-order valence-electron chi connectivity index (χ1n) is 7.69. The normalized spacial score (nSPS) is 16.1. The predicted octanol–water partition coefficient (Wildman–Crippen LogP) is 3.36. The van der Waals surface area contributed by atoms with Gasteiger partial charge in [-0.3, -0.25) is 0 Å². The van der Waals surface area contributed by atoms with Gasteiger partial charge >= 0.3 is 0 Å². The average molecular weight is 265 g/mol. The van der Waals surface area contributed by atoms with E-state index in [0.717, 1.165) is 31.3 Å². The van der Waals surface area contributed by atoms with Crippen molar-refractivity contribution in [2.24, 2.45) is 0 Å². The summed E-state index contributed by atoms with van der Waals surface area (Å²) in [6.07, 6.45) is 10.1. The second-order valence-electron chi connectivity index (χ2n) is 5.46. The highest BCUT2D eigenvalue weighted by Crippen LogP contribution is 2.21. The number of hydrogen-bond acceptors (Lipinski definition) is 3. The van der Waals surface area contributed by atoms with Gasteiger partial charge in [-0.1, -0.05) is 26.2 Å². The van der Waals surface area contributed by atoms with Crippen LogP contribution in [-0.4, -0.2) is 28.8 Å². The van der Waals surface area contributed by atoms with Crippen LogP contribution in [0, 0.1) is 6.92 Å². The molecule has 1 saturated carbocycles. The quantitative estimate of drug-likeness (QED) is 0.733. The molecule has 1 aliphatic rings. The molecule has 2 rings (SSSR count). The molecule has 1 heterocycles. The van der Waals surface area contributed by atoms with E-state index in [1.807, 2.05) is 6.92 Å². The maximum absolute atomic E-state index is 5.92. The SMILES string of the molecule is CCCCNc1nc(C)cn1CCOC1CCCC1. The highest BCUT2D eigenvalue weighted by molar-refractivity contribution is 5.28. The summed E-state index contributed by atoms with van der Waals surface area (Å²) in [5.74, 6) is 0.987. The molecule has 1 fully saturated rings. The van der Waals surface area contributed by atoms with Gasteiger partial charge in [0, 0.05) is 19.3 Å². The molecule has 19 heavy (non-hydrogen) atoms. The van der Waals surface area contributed by atoms with Gasteiger partial charge < -0.3 is 14.6 Å². The van der Waals surface area contributed by atoms with Crippen LogP contribution in [0.1, 0.15) is 51.1 Å². The lowest BCUT2D eigenvalue weighted by molar-refractivity contribution is 0.0532. The van der Waals surface area contributed by atoms with Crippen molar-refractivity contribution < 1.29 is 4.74 Å². The first kappa shape index (κ1) is 14.4. The zero-order valence-electron chi connectivity index (χ0n) is 12.3. The van der Waals surface area contributed by atoms with Gasteiger partial charge in [0.05, 0.1) is 18.4 Å². The van der Waals surface area contributed by atoms with Crippen molar-refractivity contribution >= 4 is 5.95 Å². The third kappa shape index (κ3) is 4.53. The maximum atomic E-state index is 5.92. The van der Waals surface area contributed by atoms with Crippen molar-refractivity contribution in [2.75, 3.05) is 18.5 Å². The van der Waals surface area contributed by atoms with E-state index in [1.165, 1.54) is 38.5 Å². The van der Waals surface area contributed by atoms with Crippen LogP contribution in [0.2, 0.25) is 0 Å². The summed E-state index contributed by atoms with van der Waals surface area (Å²) in [5, 5.41) is 3.41. The number of ether oxygens (including phenoxy) is 1. The van der Waals surface area contributed by atoms with E-state index in [1.54, 1.807) is 0 Å². The van der Waals surface area contributed by atoms with Gasteiger partial charge in [0.2, 0.25) is 5.95 Å². The molecule has 0 saturated heterocycles. The molecular formula is C15H27N3O. The Morgan fingerprint density at radius 3 is 2.95 bits per heavy atom. The second-order valence-corrected chi connectivity index (χ2v) is 5.46. The van der Waals surface area contributed by atoms with Gasteiger partial charge in [0.1, 0.15) is 0 Å². The minimum absolute atomic E-state index is 0.501. The molecule has 0 amide bonds. The molecule has 108 valence electrons. The van der Waals surface area contributed by atoms with E-state index in [0.29, 0.717) is 6.10 Å². The molecule has 0 aromatic carbocycles. The van der Waals surface area contributed by atoms with E-state index < -0.39 is 0 Å². The minimum atomic E-state index is 0.501. The second kappa shape index (κ2) is 7.53. The number of nitrogens with zero attached hydrogens (tertiary/aromatic N) is 2. The van der Waals surface area contributed by atoms with E-state index in [-0.39, 0.29) is 0 Å². The lowest BCUT2D eigenvalue weighted by Crippen LogP contribution is -2.15. The van der Waals surface area contributed by atoms with Crippen LogP contribution in [0.5, 0.6) is 0 Å². The van der Waals surface area contributed by atoms with Crippen LogP contribution in [0.3, 0.4) is 0 Å². The lowest BCUT2D eigenvalue weighted by atomic mass is 10.3. The molecule has 0 bridgehead atoms. The van der Waals surface area contributed by atoms with Gasteiger partial charge in [0.15, 0.2) is 0 Å². The van der Waals surface area contributed by atoms with E-state index in [9.17, 15) is 0 Å². The Morgan fingerprint density at radius 1 is 1.42 bits per heavy atom. The molecule has 0 atom stereocenters. The molecule has 1 aromatic rings. The summed E-state index contributed by atoms with van der Waals surface area (Å²) in [4.78, 5) is 4.53. The van der Waals surface area contributed by atoms with E-state index in [4.69, 9.17) is 4.74 Å². The van der Waals surface area contributed by atoms with Crippen LogP contribution in [-0.2, 0) is 11.3 Å². The molecule has 4 nitrogen and oxygen atoms in total. The summed E-state index contributed by atoms with van der Waals surface area (Å²) < 4.78 is 8.10. The molecule has 1 aromatic heterocycles. The van der Waals surface area contributed by atoms with Crippen molar-refractivity contribution in [1.82, 2.24) is 9.55 Å². The van der Waals surface area contributed by atoms with Crippen LogP contribution in [0.25, 0.3) is 0 Å². The van der Waals surface area contributed by atoms with Crippen LogP contribution < -0.4 is 5.32 Å². The number of imidazole rings is 1. The monoisotopic (exact) mass is 265 g/mol. The minimum Gasteiger partial charge on any atom is -0.376 e. The zero-order chi connectivity index (χ0) is 13.5. The van der Waals surface area contributed by atoms with Crippen LogP contribution in [0.4, 0.5) is 5.95 Å². The fraction of sp³-hybridized carbons (Fsp3) is 0.800. The van der Waals surface area contributed by atoms with Gasteiger partial charge in [-0.15, -0.1) is 0 Å². The third-order valence-corrected chi connectivity index (χ3v) is 3.70. The van der Waals surface area contributed by atoms with Gasteiger partial charge in [-0.25, -0.2) is 4.98 Å². The highest BCUT2D eigenvalue weighted by atomic mass is 16.5. The maximum Gasteiger partial charge on any atom is 0.203 e.